The Kier molecular flexibility index (Phi) is 4.47. The number of nitrogen functional groups attached to an aromatic ring is 1. The Bertz CT molecular complexity index is 663. The highest BCUT2D eigenvalue weighted by Crippen LogP contribution is 2.19. The topological polar surface area (TPSA) is 88.4 Å². The van der Waals surface area contributed by atoms with E-state index in [0.717, 1.165) is 10.9 Å². The molecule has 0 saturated heterocycles. The van der Waals surface area contributed by atoms with Gasteiger partial charge in [0, 0.05) is 36.6 Å². The minimum Gasteiger partial charge on any atom is -0.469 e. The predicted molar refractivity (Wildman–Crippen MR) is 80.9 cm³/mol. The summed E-state index contributed by atoms with van der Waals surface area (Å²) in [4.78, 5) is 28.0. The van der Waals surface area contributed by atoms with E-state index in [4.69, 9.17) is 5.73 Å². The zero-order chi connectivity index (χ0) is 15.4. The van der Waals surface area contributed by atoms with E-state index in [1.165, 1.54) is 7.11 Å². The van der Waals surface area contributed by atoms with Crippen LogP contribution in [0.1, 0.15) is 23.3 Å². The molecule has 0 aliphatic carbocycles. The van der Waals surface area contributed by atoms with Gasteiger partial charge in [-0.25, -0.2) is 0 Å². The van der Waals surface area contributed by atoms with Crippen molar-refractivity contribution < 1.29 is 14.3 Å². The van der Waals surface area contributed by atoms with Crippen LogP contribution in [0, 0.1) is 0 Å². The Morgan fingerprint density at radius 2 is 2.10 bits per heavy atom. The number of anilines is 1. The number of aromatic amines is 1. The van der Waals surface area contributed by atoms with Gasteiger partial charge in [0.2, 0.25) is 0 Å². The van der Waals surface area contributed by atoms with E-state index < -0.39 is 0 Å². The number of H-pyrrole nitrogens is 1. The average Bonchev–Trinajstić information content (AvgIpc) is 2.88. The molecule has 6 nitrogen and oxygen atoms in total. The number of benzene rings is 1. The zero-order valence-corrected chi connectivity index (χ0v) is 12.2. The van der Waals surface area contributed by atoms with Gasteiger partial charge >= 0.3 is 5.97 Å². The van der Waals surface area contributed by atoms with E-state index in [2.05, 4.69) is 9.72 Å². The largest absolute Gasteiger partial charge is 0.469 e. The second-order valence-electron chi connectivity index (χ2n) is 4.94. The second-order valence-corrected chi connectivity index (χ2v) is 4.94. The summed E-state index contributed by atoms with van der Waals surface area (Å²) in [6.07, 6.45) is 0.874. The molecular weight excluding hydrogens is 270 g/mol. The SMILES string of the molecule is COC(=O)CCCN(C)C(=O)c1cc2cc(N)ccc2[nH]1. The van der Waals surface area contributed by atoms with Crippen LogP contribution in [0.15, 0.2) is 24.3 Å². The van der Waals surface area contributed by atoms with Crippen LogP contribution < -0.4 is 5.73 Å². The van der Waals surface area contributed by atoms with Crippen molar-refractivity contribution in [3.8, 4) is 0 Å². The molecule has 0 radical (unpaired) electrons. The van der Waals surface area contributed by atoms with Crippen molar-refractivity contribution >= 4 is 28.5 Å². The van der Waals surface area contributed by atoms with E-state index in [0.29, 0.717) is 30.8 Å². The molecule has 0 spiro atoms. The van der Waals surface area contributed by atoms with Gasteiger partial charge in [-0.3, -0.25) is 9.59 Å². The summed E-state index contributed by atoms with van der Waals surface area (Å²) in [5.74, 6) is -0.383. The van der Waals surface area contributed by atoms with Gasteiger partial charge in [-0.05, 0) is 30.7 Å². The number of hydrogen-bond acceptors (Lipinski definition) is 4. The Labute approximate surface area is 122 Å². The van der Waals surface area contributed by atoms with E-state index in [1.54, 1.807) is 24.1 Å². The first-order valence-electron chi connectivity index (χ1n) is 6.72. The Hall–Kier alpha value is -2.50. The Morgan fingerprint density at radius 1 is 1.33 bits per heavy atom. The molecule has 1 aromatic carbocycles. The molecule has 0 fully saturated rings. The van der Waals surface area contributed by atoms with E-state index in [1.807, 2.05) is 12.1 Å². The summed E-state index contributed by atoms with van der Waals surface area (Å²) in [6.45, 7) is 0.492. The number of nitrogens with zero attached hydrogens (tertiary/aromatic N) is 1. The minimum atomic E-state index is -0.267. The van der Waals surface area contributed by atoms with Crippen molar-refractivity contribution in [1.82, 2.24) is 9.88 Å². The fraction of sp³-hybridized carbons (Fsp3) is 0.333. The van der Waals surface area contributed by atoms with Crippen LogP contribution in [0.4, 0.5) is 5.69 Å². The number of carbonyl (C=O) groups is 2. The number of rotatable bonds is 5. The summed E-state index contributed by atoms with van der Waals surface area (Å²) in [5, 5.41) is 0.904. The first-order chi connectivity index (χ1) is 10.0. The van der Waals surface area contributed by atoms with Crippen LogP contribution in [0.5, 0.6) is 0 Å². The molecule has 0 bridgehead atoms. The molecule has 0 unspecified atom stereocenters. The van der Waals surface area contributed by atoms with Crippen molar-refractivity contribution in [3.05, 3.63) is 30.0 Å². The summed E-state index contributed by atoms with van der Waals surface area (Å²) >= 11 is 0. The van der Waals surface area contributed by atoms with Gasteiger partial charge in [-0.2, -0.15) is 0 Å². The minimum absolute atomic E-state index is 0.116. The van der Waals surface area contributed by atoms with Gasteiger partial charge in [-0.15, -0.1) is 0 Å². The predicted octanol–water partition coefficient (Wildman–Crippen LogP) is 1.78. The average molecular weight is 289 g/mol. The molecule has 1 heterocycles. The molecule has 0 aliphatic rings. The molecule has 3 N–H and O–H groups in total. The van der Waals surface area contributed by atoms with Gasteiger partial charge in [0.25, 0.3) is 5.91 Å². The summed E-state index contributed by atoms with van der Waals surface area (Å²) in [6, 6.07) is 7.23. The number of ether oxygens (including phenoxy) is 1. The lowest BCUT2D eigenvalue weighted by molar-refractivity contribution is -0.140. The number of nitrogens with two attached hydrogens (primary N) is 1. The molecular formula is C15H19N3O3. The maximum atomic E-state index is 12.3. The van der Waals surface area contributed by atoms with Gasteiger partial charge in [-0.1, -0.05) is 0 Å². The highest BCUT2D eigenvalue weighted by Gasteiger charge is 2.14. The number of nitrogens with one attached hydrogen (secondary N) is 1. The third-order valence-electron chi connectivity index (χ3n) is 3.32. The highest BCUT2D eigenvalue weighted by molar-refractivity contribution is 5.98. The first-order valence-corrected chi connectivity index (χ1v) is 6.72. The van der Waals surface area contributed by atoms with Crippen molar-refractivity contribution in [1.29, 1.82) is 0 Å². The molecule has 0 saturated carbocycles. The van der Waals surface area contributed by atoms with E-state index in [9.17, 15) is 9.59 Å². The lowest BCUT2D eigenvalue weighted by Crippen LogP contribution is -2.28. The maximum absolute atomic E-state index is 12.3. The molecule has 2 rings (SSSR count). The van der Waals surface area contributed by atoms with Crippen LogP contribution in [-0.2, 0) is 9.53 Å². The summed E-state index contributed by atoms with van der Waals surface area (Å²) in [7, 11) is 3.06. The van der Waals surface area contributed by atoms with Gasteiger partial charge in [0.05, 0.1) is 7.11 Å². The van der Waals surface area contributed by atoms with Gasteiger partial charge in [0.1, 0.15) is 5.69 Å². The monoisotopic (exact) mass is 289 g/mol. The number of fused-ring (bicyclic) bond motifs is 1. The van der Waals surface area contributed by atoms with Gasteiger partial charge in [0.15, 0.2) is 0 Å². The van der Waals surface area contributed by atoms with Crippen molar-refractivity contribution in [2.45, 2.75) is 12.8 Å². The lowest BCUT2D eigenvalue weighted by atomic mass is 10.2. The Morgan fingerprint density at radius 3 is 2.81 bits per heavy atom. The third-order valence-corrected chi connectivity index (χ3v) is 3.32. The summed E-state index contributed by atoms with van der Waals surface area (Å²) < 4.78 is 4.57. The Balaban J connectivity index is 2.02. The van der Waals surface area contributed by atoms with Crippen LogP contribution in [0.25, 0.3) is 10.9 Å². The molecule has 2 aromatic rings. The molecule has 1 aromatic heterocycles. The number of aromatic nitrogens is 1. The number of carbonyl (C=O) groups excluding carboxylic acids is 2. The standard InChI is InChI=1S/C15H19N3O3/c1-18(7-3-4-14(19)21-2)15(20)13-9-10-8-11(16)5-6-12(10)17-13/h5-6,8-9,17H,3-4,7,16H2,1-2H3. The van der Waals surface area contributed by atoms with Gasteiger partial charge < -0.3 is 20.4 Å². The normalized spacial score (nSPS) is 10.6. The van der Waals surface area contributed by atoms with Crippen LogP contribution in [-0.4, -0.2) is 42.5 Å². The maximum Gasteiger partial charge on any atom is 0.305 e. The number of esters is 1. The van der Waals surface area contributed by atoms with Crippen molar-refractivity contribution in [2.75, 3.05) is 26.4 Å². The highest BCUT2D eigenvalue weighted by atomic mass is 16.5. The number of hydrogen-bond donors (Lipinski definition) is 2. The quantitative estimate of drug-likeness (QED) is 0.648. The molecule has 21 heavy (non-hydrogen) atoms. The number of methoxy groups -OCH3 is 1. The van der Waals surface area contributed by atoms with Crippen molar-refractivity contribution in [2.24, 2.45) is 0 Å². The second kappa shape index (κ2) is 6.30. The van der Waals surface area contributed by atoms with Crippen molar-refractivity contribution in [3.63, 3.8) is 0 Å². The zero-order valence-electron chi connectivity index (χ0n) is 12.2. The lowest BCUT2D eigenvalue weighted by Gasteiger charge is -2.15. The fourth-order valence-corrected chi connectivity index (χ4v) is 2.14. The molecule has 6 heteroatoms. The molecule has 0 aliphatic heterocycles. The number of amides is 1. The fourth-order valence-electron chi connectivity index (χ4n) is 2.14. The van der Waals surface area contributed by atoms with Crippen LogP contribution >= 0.6 is 0 Å². The molecule has 112 valence electrons. The van der Waals surface area contributed by atoms with E-state index in [-0.39, 0.29) is 11.9 Å². The smallest absolute Gasteiger partial charge is 0.305 e. The summed E-state index contributed by atoms with van der Waals surface area (Å²) in [5.41, 5.74) is 7.76. The molecule has 0 atom stereocenters. The molecule has 1 amide bonds. The van der Waals surface area contributed by atoms with Crippen LogP contribution in [0.3, 0.4) is 0 Å². The van der Waals surface area contributed by atoms with E-state index >= 15 is 0 Å². The third kappa shape index (κ3) is 3.53. The first kappa shape index (κ1) is 14.9. The van der Waals surface area contributed by atoms with Crippen LogP contribution in [0.2, 0.25) is 0 Å².